The minimum absolute atomic E-state index is 0.507. The van der Waals surface area contributed by atoms with Crippen molar-refractivity contribution in [1.29, 1.82) is 0 Å². The molecule has 0 atom stereocenters. The molecular weight excluding hydrogens is 290 g/mol. The van der Waals surface area contributed by atoms with Crippen molar-refractivity contribution in [2.75, 3.05) is 20.1 Å². The van der Waals surface area contributed by atoms with Crippen molar-refractivity contribution in [1.82, 2.24) is 24.6 Å². The number of rotatable bonds is 5. The number of hydrogen-bond donors (Lipinski definition) is 0. The molecule has 2 aromatic heterocycles. The number of hydrogen-bond acceptors (Lipinski definition) is 5. The Bertz CT molecular complexity index is 645. The Morgan fingerprint density at radius 2 is 2.04 bits per heavy atom. The van der Waals surface area contributed by atoms with E-state index in [0.717, 1.165) is 62.3 Å². The number of aryl methyl sites for hydroxylation is 1. The van der Waals surface area contributed by atoms with Crippen LogP contribution in [-0.4, -0.2) is 50.7 Å². The highest BCUT2D eigenvalue weighted by molar-refractivity contribution is 5.06. The zero-order chi connectivity index (χ0) is 16.4. The Labute approximate surface area is 138 Å². The summed E-state index contributed by atoms with van der Waals surface area (Å²) in [5.74, 6) is 4.20. The topological polar surface area (TPSA) is 50.3 Å². The van der Waals surface area contributed by atoms with Crippen LogP contribution in [0.4, 0.5) is 0 Å². The van der Waals surface area contributed by atoms with Crippen molar-refractivity contribution < 1.29 is 4.42 Å². The predicted molar refractivity (Wildman–Crippen MR) is 89.1 cm³/mol. The molecule has 0 bridgehead atoms. The summed E-state index contributed by atoms with van der Waals surface area (Å²) in [7, 11) is 2.13. The molecule has 0 unspecified atom stereocenters. The third-order valence-electron chi connectivity index (χ3n) is 4.64. The maximum absolute atomic E-state index is 5.71. The van der Waals surface area contributed by atoms with Crippen LogP contribution < -0.4 is 0 Å². The van der Waals surface area contributed by atoms with Gasteiger partial charge in [0.15, 0.2) is 0 Å². The fraction of sp³-hybridized carbons (Fsp3) is 0.647. The maximum Gasteiger partial charge on any atom is 0.147 e. The number of fused-ring (bicyclic) bond motifs is 1. The van der Waals surface area contributed by atoms with Crippen LogP contribution >= 0.6 is 0 Å². The van der Waals surface area contributed by atoms with Gasteiger partial charge in [-0.15, -0.1) is 10.2 Å². The van der Waals surface area contributed by atoms with Gasteiger partial charge in [-0.2, -0.15) is 0 Å². The molecule has 2 aromatic rings. The van der Waals surface area contributed by atoms with Crippen LogP contribution in [0.3, 0.4) is 0 Å². The first-order chi connectivity index (χ1) is 11.0. The highest BCUT2D eigenvalue weighted by Gasteiger charge is 2.20. The molecule has 0 spiro atoms. The lowest BCUT2D eigenvalue weighted by molar-refractivity contribution is 0.238. The highest BCUT2D eigenvalue weighted by Crippen LogP contribution is 2.15. The summed E-state index contributed by atoms with van der Waals surface area (Å²) in [6.07, 6.45) is 0.943. The van der Waals surface area contributed by atoms with Crippen molar-refractivity contribution >= 4 is 0 Å². The Morgan fingerprint density at radius 3 is 2.74 bits per heavy atom. The summed E-state index contributed by atoms with van der Waals surface area (Å²) in [5.41, 5.74) is 0. The van der Waals surface area contributed by atoms with Crippen LogP contribution in [0.5, 0.6) is 0 Å². The van der Waals surface area contributed by atoms with Gasteiger partial charge in [0.25, 0.3) is 0 Å². The Morgan fingerprint density at radius 1 is 1.22 bits per heavy atom. The van der Waals surface area contributed by atoms with E-state index in [4.69, 9.17) is 4.42 Å². The van der Waals surface area contributed by atoms with Gasteiger partial charge < -0.3 is 8.98 Å². The van der Waals surface area contributed by atoms with Gasteiger partial charge in [-0.3, -0.25) is 9.80 Å². The monoisotopic (exact) mass is 317 g/mol. The van der Waals surface area contributed by atoms with Crippen LogP contribution in [-0.2, 0) is 26.1 Å². The number of furan rings is 1. The fourth-order valence-corrected chi connectivity index (χ4v) is 2.90. The SMILES string of the molecule is Cc1ccc(CN2CCc3nnc(CN(C)C(C)C)n3CC2)o1. The summed E-state index contributed by atoms with van der Waals surface area (Å²) >= 11 is 0. The van der Waals surface area contributed by atoms with Gasteiger partial charge in [0.2, 0.25) is 0 Å². The van der Waals surface area contributed by atoms with E-state index in [0.29, 0.717) is 6.04 Å². The van der Waals surface area contributed by atoms with Gasteiger partial charge in [-0.1, -0.05) is 0 Å². The molecule has 0 fully saturated rings. The van der Waals surface area contributed by atoms with Crippen LogP contribution in [0.25, 0.3) is 0 Å². The second kappa shape index (κ2) is 6.84. The van der Waals surface area contributed by atoms with Crippen molar-refractivity contribution in [2.45, 2.75) is 52.9 Å². The minimum atomic E-state index is 0.507. The normalized spacial score (nSPS) is 16.1. The highest BCUT2D eigenvalue weighted by atomic mass is 16.3. The second-order valence-corrected chi connectivity index (χ2v) is 6.73. The zero-order valence-corrected chi connectivity index (χ0v) is 14.6. The number of aromatic nitrogens is 3. The molecule has 0 amide bonds. The van der Waals surface area contributed by atoms with Crippen LogP contribution in [0.1, 0.15) is 37.0 Å². The van der Waals surface area contributed by atoms with Crippen LogP contribution in [0.15, 0.2) is 16.5 Å². The fourth-order valence-electron chi connectivity index (χ4n) is 2.90. The van der Waals surface area contributed by atoms with Gasteiger partial charge in [0, 0.05) is 32.1 Å². The number of nitrogens with zero attached hydrogens (tertiary/aromatic N) is 5. The average molecular weight is 317 g/mol. The summed E-state index contributed by atoms with van der Waals surface area (Å²) in [6.45, 7) is 11.1. The minimum Gasteiger partial charge on any atom is -0.465 e. The van der Waals surface area contributed by atoms with E-state index in [1.54, 1.807) is 0 Å². The summed E-state index contributed by atoms with van der Waals surface area (Å²) in [6, 6.07) is 4.61. The van der Waals surface area contributed by atoms with E-state index in [1.165, 1.54) is 0 Å². The largest absolute Gasteiger partial charge is 0.465 e. The molecule has 3 rings (SSSR count). The Balaban J connectivity index is 1.65. The third kappa shape index (κ3) is 3.82. The molecule has 1 aliphatic heterocycles. The van der Waals surface area contributed by atoms with Gasteiger partial charge in [-0.25, -0.2) is 0 Å². The van der Waals surface area contributed by atoms with E-state index in [1.807, 2.05) is 13.0 Å². The van der Waals surface area contributed by atoms with Gasteiger partial charge in [0.1, 0.15) is 23.2 Å². The smallest absolute Gasteiger partial charge is 0.147 e. The molecule has 1 aliphatic rings. The van der Waals surface area contributed by atoms with E-state index in [-0.39, 0.29) is 0 Å². The molecule has 0 aliphatic carbocycles. The lowest BCUT2D eigenvalue weighted by Crippen LogP contribution is -2.29. The summed E-state index contributed by atoms with van der Waals surface area (Å²) < 4.78 is 8.00. The quantitative estimate of drug-likeness (QED) is 0.845. The van der Waals surface area contributed by atoms with Crippen molar-refractivity contribution in [3.63, 3.8) is 0 Å². The lowest BCUT2D eigenvalue weighted by atomic mass is 10.3. The van der Waals surface area contributed by atoms with E-state index < -0.39 is 0 Å². The molecule has 6 heteroatoms. The van der Waals surface area contributed by atoms with Gasteiger partial charge in [0.05, 0.1) is 13.1 Å². The van der Waals surface area contributed by atoms with E-state index >= 15 is 0 Å². The van der Waals surface area contributed by atoms with Crippen LogP contribution in [0.2, 0.25) is 0 Å². The third-order valence-corrected chi connectivity index (χ3v) is 4.64. The first kappa shape index (κ1) is 16.2. The van der Waals surface area contributed by atoms with E-state index in [2.05, 4.69) is 51.5 Å². The molecule has 23 heavy (non-hydrogen) atoms. The average Bonchev–Trinajstić information content (AvgIpc) is 3.02. The molecule has 3 heterocycles. The summed E-state index contributed by atoms with van der Waals surface area (Å²) in [4.78, 5) is 4.73. The first-order valence-electron chi connectivity index (χ1n) is 8.42. The molecule has 0 saturated heterocycles. The molecule has 126 valence electrons. The molecule has 0 N–H and O–H groups in total. The van der Waals surface area contributed by atoms with Gasteiger partial charge >= 0.3 is 0 Å². The van der Waals surface area contributed by atoms with E-state index in [9.17, 15) is 0 Å². The second-order valence-electron chi connectivity index (χ2n) is 6.73. The predicted octanol–water partition coefficient (Wildman–Crippen LogP) is 2.08. The Kier molecular flexibility index (Phi) is 4.82. The van der Waals surface area contributed by atoms with Gasteiger partial charge in [-0.05, 0) is 40.0 Å². The molecule has 0 saturated carbocycles. The standard InChI is InChI=1S/C17H27N5O/c1-13(2)20(4)12-17-19-18-16-7-8-21(9-10-22(16)17)11-15-6-5-14(3)23-15/h5-6,13H,7-12H2,1-4H3. The maximum atomic E-state index is 5.71. The van der Waals surface area contributed by atoms with Crippen molar-refractivity contribution in [3.8, 4) is 0 Å². The molecule has 0 radical (unpaired) electrons. The zero-order valence-electron chi connectivity index (χ0n) is 14.6. The lowest BCUT2D eigenvalue weighted by Gasteiger charge is -2.21. The van der Waals surface area contributed by atoms with Crippen LogP contribution in [0, 0.1) is 6.92 Å². The molecular formula is C17H27N5O. The summed E-state index contributed by atoms with van der Waals surface area (Å²) in [5, 5.41) is 8.82. The molecule has 0 aromatic carbocycles. The molecule has 6 nitrogen and oxygen atoms in total. The van der Waals surface area contributed by atoms with Crippen molar-refractivity contribution in [2.24, 2.45) is 0 Å². The van der Waals surface area contributed by atoms with Crippen molar-refractivity contribution in [3.05, 3.63) is 35.3 Å². The Hall–Kier alpha value is -1.66. The first-order valence-corrected chi connectivity index (χ1v) is 8.42.